The zero-order valence-corrected chi connectivity index (χ0v) is 21.1. The number of halogens is 2. The Morgan fingerprint density at radius 3 is 2.09 bits per heavy atom. The van der Waals surface area contributed by atoms with Gasteiger partial charge in [0.1, 0.15) is 19.7 Å². The van der Waals surface area contributed by atoms with Crippen LogP contribution in [0.2, 0.25) is 16.6 Å². The maximum atomic E-state index is 14.5. The number of aromatic nitrogens is 1. The van der Waals surface area contributed by atoms with Crippen LogP contribution >= 0.6 is 0 Å². The van der Waals surface area contributed by atoms with Crippen LogP contribution in [0.15, 0.2) is 35.1 Å². The lowest BCUT2D eigenvalue weighted by atomic mass is 9.89. The molecule has 0 aliphatic heterocycles. The predicted octanol–water partition coefficient (Wildman–Crippen LogP) is 6.39. The molecule has 32 heavy (non-hydrogen) atoms. The minimum atomic E-state index is -1.96. The van der Waals surface area contributed by atoms with Gasteiger partial charge in [-0.3, -0.25) is 4.79 Å². The average Bonchev–Trinajstić information content (AvgIpc) is 2.71. The number of rotatable bonds is 6. The topological polar surface area (TPSA) is 22.0 Å². The molecule has 0 aliphatic carbocycles. The SMILES string of the molecule is C#CCC(c1cc(F)ccc1F)c1ccc(C#C[Si](C(C)C)(C(C)C)C(C)C)n(C)c1=O. The Labute approximate surface area is 192 Å². The molecule has 0 spiro atoms. The maximum Gasteiger partial charge on any atom is 0.255 e. The Hall–Kier alpha value is -2.63. The van der Waals surface area contributed by atoms with Crippen molar-refractivity contribution < 1.29 is 8.78 Å². The fraction of sp³-hybridized carbons (Fsp3) is 0.444. The van der Waals surface area contributed by atoms with Crippen molar-refractivity contribution in [3.8, 4) is 23.8 Å². The van der Waals surface area contributed by atoms with Gasteiger partial charge in [0, 0.05) is 24.9 Å². The van der Waals surface area contributed by atoms with Crippen LogP contribution in [0.1, 0.15) is 70.7 Å². The minimum absolute atomic E-state index is 0.0877. The maximum absolute atomic E-state index is 14.5. The van der Waals surface area contributed by atoms with Crippen molar-refractivity contribution in [2.24, 2.45) is 7.05 Å². The van der Waals surface area contributed by atoms with Crippen molar-refractivity contribution in [3.05, 3.63) is 69.1 Å². The lowest BCUT2D eigenvalue weighted by Gasteiger charge is -2.38. The number of hydrogen-bond donors (Lipinski definition) is 0. The summed E-state index contributed by atoms with van der Waals surface area (Å²) in [6.45, 7) is 13.4. The van der Waals surface area contributed by atoms with E-state index in [1.165, 1.54) is 4.57 Å². The van der Waals surface area contributed by atoms with Crippen molar-refractivity contribution in [1.82, 2.24) is 4.57 Å². The molecule has 0 amide bonds. The van der Waals surface area contributed by atoms with E-state index in [4.69, 9.17) is 6.42 Å². The van der Waals surface area contributed by atoms with Gasteiger partial charge in [-0.15, -0.1) is 17.9 Å². The number of terminal acetylenes is 1. The molecule has 2 nitrogen and oxygen atoms in total. The minimum Gasteiger partial charge on any atom is -0.304 e. The van der Waals surface area contributed by atoms with Crippen LogP contribution in [0.4, 0.5) is 8.78 Å². The van der Waals surface area contributed by atoms with E-state index in [1.807, 2.05) is 0 Å². The van der Waals surface area contributed by atoms with Gasteiger partial charge in [0.2, 0.25) is 0 Å². The van der Waals surface area contributed by atoms with Crippen molar-refractivity contribution in [2.45, 2.75) is 70.5 Å². The summed E-state index contributed by atoms with van der Waals surface area (Å²) in [5.41, 5.74) is 5.78. The molecule has 1 unspecified atom stereocenters. The summed E-state index contributed by atoms with van der Waals surface area (Å²) < 4.78 is 29.7. The molecule has 1 heterocycles. The fourth-order valence-electron chi connectivity index (χ4n) is 4.94. The van der Waals surface area contributed by atoms with E-state index < -0.39 is 25.6 Å². The highest BCUT2D eigenvalue weighted by molar-refractivity contribution is 6.90. The molecular formula is C27H33F2NOSi. The second-order valence-corrected chi connectivity index (χ2v) is 14.9. The Bertz CT molecular complexity index is 1110. The summed E-state index contributed by atoms with van der Waals surface area (Å²) in [5, 5.41) is 0. The Kier molecular flexibility index (Phi) is 8.27. The number of pyridine rings is 1. The fourth-order valence-corrected chi connectivity index (χ4v) is 10.1. The van der Waals surface area contributed by atoms with Crippen molar-refractivity contribution in [2.75, 3.05) is 0 Å². The third kappa shape index (κ3) is 4.89. The normalized spacial score (nSPS) is 12.6. The Balaban J connectivity index is 2.63. The number of benzene rings is 1. The second-order valence-electron chi connectivity index (χ2n) is 9.31. The summed E-state index contributed by atoms with van der Waals surface area (Å²) in [6, 6.07) is 6.66. The van der Waals surface area contributed by atoms with Gasteiger partial charge >= 0.3 is 0 Å². The Morgan fingerprint density at radius 2 is 1.56 bits per heavy atom. The predicted molar refractivity (Wildman–Crippen MR) is 131 cm³/mol. The molecule has 5 heteroatoms. The smallest absolute Gasteiger partial charge is 0.255 e. The van der Waals surface area contributed by atoms with Crippen LogP contribution in [0.5, 0.6) is 0 Å². The summed E-state index contributed by atoms with van der Waals surface area (Å²) in [6.07, 6.45) is 5.59. The van der Waals surface area contributed by atoms with Gasteiger partial charge in [0.15, 0.2) is 0 Å². The van der Waals surface area contributed by atoms with Crippen LogP contribution < -0.4 is 5.56 Å². The molecule has 0 aliphatic rings. The molecule has 0 fully saturated rings. The van der Waals surface area contributed by atoms with Crippen LogP contribution in [-0.4, -0.2) is 12.6 Å². The van der Waals surface area contributed by atoms with Crippen LogP contribution in [0, 0.1) is 35.4 Å². The van der Waals surface area contributed by atoms with E-state index in [-0.39, 0.29) is 17.5 Å². The first-order chi connectivity index (χ1) is 15.0. The van der Waals surface area contributed by atoms with Gasteiger partial charge in [0.05, 0.1) is 5.69 Å². The van der Waals surface area contributed by atoms with Gasteiger partial charge < -0.3 is 4.57 Å². The highest BCUT2D eigenvalue weighted by atomic mass is 28.3. The third-order valence-electron chi connectivity index (χ3n) is 6.64. The third-order valence-corrected chi connectivity index (χ3v) is 12.9. The van der Waals surface area contributed by atoms with Gasteiger partial charge in [0.25, 0.3) is 5.56 Å². The first kappa shape index (κ1) is 25.6. The lowest BCUT2D eigenvalue weighted by molar-refractivity contribution is 0.574. The highest BCUT2D eigenvalue weighted by Crippen LogP contribution is 2.40. The zero-order chi connectivity index (χ0) is 24.2. The van der Waals surface area contributed by atoms with Gasteiger partial charge in [-0.1, -0.05) is 53.5 Å². The van der Waals surface area contributed by atoms with Gasteiger partial charge in [-0.2, -0.15) is 0 Å². The second kappa shape index (κ2) is 10.3. The van der Waals surface area contributed by atoms with Crippen molar-refractivity contribution in [3.63, 3.8) is 0 Å². The molecule has 1 aromatic heterocycles. The largest absolute Gasteiger partial charge is 0.304 e. The van der Waals surface area contributed by atoms with E-state index >= 15 is 0 Å². The molecule has 2 aromatic rings. The lowest BCUT2D eigenvalue weighted by Crippen LogP contribution is -2.43. The molecule has 0 N–H and O–H groups in total. The van der Waals surface area contributed by atoms with Crippen molar-refractivity contribution >= 4 is 8.07 Å². The first-order valence-corrected chi connectivity index (χ1v) is 13.3. The van der Waals surface area contributed by atoms with Crippen LogP contribution in [0.3, 0.4) is 0 Å². The van der Waals surface area contributed by atoms with E-state index in [2.05, 4.69) is 58.9 Å². The van der Waals surface area contributed by atoms with Crippen LogP contribution in [0.25, 0.3) is 0 Å². The van der Waals surface area contributed by atoms with E-state index in [0.717, 1.165) is 18.2 Å². The van der Waals surface area contributed by atoms with E-state index in [9.17, 15) is 13.6 Å². The molecule has 0 saturated carbocycles. The number of nitrogens with zero attached hydrogens (tertiary/aromatic N) is 1. The molecule has 0 saturated heterocycles. The summed E-state index contributed by atoms with van der Waals surface area (Å²) in [5.74, 6) is 3.91. The van der Waals surface area contributed by atoms with Gasteiger partial charge in [-0.25, -0.2) is 8.78 Å². The molecule has 0 bridgehead atoms. The van der Waals surface area contributed by atoms with Gasteiger partial charge in [-0.05, 0) is 46.5 Å². The highest BCUT2D eigenvalue weighted by Gasteiger charge is 2.41. The van der Waals surface area contributed by atoms with E-state index in [0.29, 0.717) is 27.9 Å². The quantitative estimate of drug-likeness (QED) is 0.367. The standard InChI is InChI=1S/C27H33F2NOSi/c1-9-10-23(25-17-21(28)11-14-26(25)29)24-13-12-22(30(8)27(24)31)15-16-32(18(2)3,19(4)5)20(6)7/h1,11-14,17-20,23H,10H2,2-8H3. The molecule has 170 valence electrons. The molecular weight excluding hydrogens is 420 g/mol. The Morgan fingerprint density at radius 1 is 0.969 bits per heavy atom. The molecule has 0 radical (unpaired) electrons. The van der Waals surface area contributed by atoms with Crippen molar-refractivity contribution in [1.29, 1.82) is 0 Å². The summed E-state index contributed by atoms with van der Waals surface area (Å²) in [7, 11) is -0.299. The summed E-state index contributed by atoms with van der Waals surface area (Å²) in [4.78, 5) is 13.2. The molecule has 2 rings (SSSR count). The molecule has 1 aromatic carbocycles. The average molecular weight is 454 g/mol. The van der Waals surface area contributed by atoms with Crippen LogP contribution in [-0.2, 0) is 7.05 Å². The number of hydrogen-bond acceptors (Lipinski definition) is 1. The molecule has 1 atom stereocenters. The monoisotopic (exact) mass is 453 g/mol. The zero-order valence-electron chi connectivity index (χ0n) is 20.1. The first-order valence-electron chi connectivity index (χ1n) is 11.1. The summed E-state index contributed by atoms with van der Waals surface area (Å²) >= 11 is 0. The van der Waals surface area contributed by atoms with E-state index in [1.54, 1.807) is 19.2 Å².